The molecule has 7 heteroatoms. The Bertz CT molecular complexity index is 843. The van der Waals surface area contributed by atoms with Crippen molar-refractivity contribution in [3.05, 3.63) is 48.2 Å². The zero-order valence-electron chi connectivity index (χ0n) is 14.2. The fraction of sp³-hybridized carbons (Fsp3) is 0.278. The number of anilines is 1. The van der Waals surface area contributed by atoms with Gasteiger partial charge in [0.25, 0.3) is 0 Å². The highest BCUT2D eigenvalue weighted by atomic mass is 32.2. The molecular formula is C18H20N4O2S. The summed E-state index contributed by atoms with van der Waals surface area (Å²) in [7, 11) is 0. The lowest BCUT2D eigenvalue weighted by Gasteiger charge is -2.09. The second-order valence-corrected chi connectivity index (χ2v) is 6.53. The van der Waals surface area contributed by atoms with E-state index < -0.39 is 0 Å². The van der Waals surface area contributed by atoms with Crippen LogP contribution in [0.4, 0.5) is 5.69 Å². The number of aromatic nitrogens is 3. The number of aryl methyl sites for hydroxylation is 1. The van der Waals surface area contributed by atoms with Crippen molar-refractivity contribution in [3.63, 3.8) is 0 Å². The van der Waals surface area contributed by atoms with Crippen molar-refractivity contribution in [2.24, 2.45) is 0 Å². The van der Waals surface area contributed by atoms with Crippen LogP contribution in [0, 0.1) is 6.92 Å². The lowest BCUT2D eigenvalue weighted by molar-refractivity contribution is -0.113. The van der Waals surface area contributed by atoms with Gasteiger partial charge in [-0.05, 0) is 37.1 Å². The van der Waals surface area contributed by atoms with Crippen molar-refractivity contribution in [1.29, 1.82) is 0 Å². The number of carbonyl (C=O) groups is 1. The van der Waals surface area contributed by atoms with Crippen LogP contribution in [0.15, 0.2) is 52.2 Å². The van der Waals surface area contributed by atoms with Crippen molar-refractivity contribution in [3.8, 4) is 11.6 Å². The standard InChI is InChI=1S/C18H20N4O2S/c1-3-10-22-17(15-9-6-11-24-15)20-21-18(22)25-12-16(23)19-14-8-5-4-7-13(14)2/h4-9,11H,3,10,12H2,1-2H3,(H,19,23). The SMILES string of the molecule is CCCn1c(SCC(=O)Nc2ccccc2C)nnc1-c1ccco1. The second-order valence-electron chi connectivity index (χ2n) is 5.59. The molecule has 0 saturated carbocycles. The Kier molecular flexibility index (Phi) is 5.55. The summed E-state index contributed by atoms with van der Waals surface area (Å²) in [6.45, 7) is 4.83. The summed E-state index contributed by atoms with van der Waals surface area (Å²) >= 11 is 1.37. The van der Waals surface area contributed by atoms with Crippen molar-refractivity contribution < 1.29 is 9.21 Å². The molecule has 3 aromatic rings. The largest absolute Gasteiger partial charge is 0.461 e. The van der Waals surface area contributed by atoms with Crippen LogP contribution in [-0.2, 0) is 11.3 Å². The third kappa shape index (κ3) is 4.11. The molecule has 0 bridgehead atoms. The lowest BCUT2D eigenvalue weighted by atomic mass is 10.2. The fourth-order valence-corrected chi connectivity index (χ4v) is 3.20. The number of nitrogens with one attached hydrogen (secondary N) is 1. The van der Waals surface area contributed by atoms with Crippen molar-refractivity contribution >= 4 is 23.4 Å². The molecule has 0 radical (unpaired) electrons. The van der Waals surface area contributed by atoms with Gasteiger partial charge in [-0.1, -0.05) is 36.9 Å². The highest BCUT2D eigenvalue weighted by Gasteiger charge is 2.17. The molecular weight excluding hydrogens is 336 g/mol. The Morgan fingerprint density at radius 2 is 2.08 bits per heavy atom. The molecule has 1 amide bonds. The molecule has 3 rings (SSSR count). The maximum atomic E-state index is 12.2. The summed E-state index contributed by atoms with van der Waals surface area (Å²) in [6.07, 6.45) is 2.55. The normalized spacial score (nSPS) is 10.8. The minimum atomic E-state index is -0.0649. The Morgan fingerprint density at radius 1 is 1.24 bits per heavy atom. The van der Waals surface area contributed by atoms with E-state index in [1.54, 1.807) is 6.26 Å². The summed E-state index contributed by atoms with van der Waals surface area (Å²) in [5.74, 6) is 1.57. The van der Waals surface area contributed by atoms with Crippen LogP contribution in [0.2, 0.25) is 0 Å². The number of rotatable bonds is 7. The lowest BCUT2D eigenvalue weighted by Crippen LogP contribution is -2.15. The van der Waals surface area contributed by atoms with Crippen LogP contribution >= 0.6 is 11.8 Å². The maximum absolute atomic E-state index is 12.2. The molecule has 1 aromatic carbocycles. The van der Waals surface area contributed by atoms with Crippen LogP contribution in [-0.4, -0.2) is 26.4 Å². The molecule has 1 N–H and O–H groups in total. The number of nitrogens with zero attached hydrogens (tertiary/aromatic N) is 3. The third-order valence-electron chi connectivity index (χ3n) is 3.66. The van der Waals surface area contributed by atoms with E-state index >= 15 is 0 Å². The van der Waals surface area contributed by atoms with E-state index in [0.29, 0.717) is 16.7 Å². The molecule has 0 aliphatic rings. The number of thioether (sulfide) groups is 1. The molecule has 0 atom stereocenters. The summed E-state index contributed by atoms with van der Waals surface area (Å²) < 4.78 is 7.42. The average molecular weight is 356 g/mol. The van der Waals surface area contributed by atoms with Gasteiger partial charge in [-0.3, -0.25) is 9.36 Å². The molecule has 25 heavy (non-hydrogen) atoms. The first kappa shape index (κ1) is 17.3. The fourth-order valence-electron chi connectivity index (χ4n) is 2.44. The van der Waals surface area contributed by atoms with Gasteiger partial charge in [-0.15, -0.1) is 10.2 Å². The van der Waals surface area contributed by atoms with Gasteiger partial charge in [0.05, 0.1) is 12.0 Å². The predicted molar refractivity (Wildman–Crippen MR) is 98.5 cm³/mol. The molecule has 0 aliphatic heterocycles. The second kappa shape index (κ2) is 8.02. The zero-order valence-corrected chi connectivity index (χ0v) is 15.0. The number of hydrogen-bond acceptors (Lipinski definition) is 5. The Morgan fingerprint density at radius 3 is 2.80 bits per heavy atom. The highest BCUT2D eigenvalue weighted by Crippen LogP contribution is 2.25. The van der Waals surface area contributed by atoms with Crippen LogP contribution in [0.5, 0.6) is 0 Å². The molecule has 0 fully saturated rings. The van der Waals surface area contributed by atoms with E-state index in [4.69, 9.17) is 4.42 Å². The Balaban J connectivity index is 1.68. The van der Waals surface area contributed by atoms with Crippen molar-refractivity contribution in [2.45, 2.75) is 32.0 Å². The van der Waals surface area contributed by atoms with E-state index in [-0.39, 0.29) is 11.7 Å². The van der Waals surface area contributed by atoms with Gasteiger partial charge >= 0.3 is 0 Å². The summed E-state index contributed by atoms with van der Waals surface area (Å²) in [4.78, 5) is 12.2. The predicted octanol–water partition coefficient (Wildman–Crippen LogP) is 3.99. The number of carbonyl (C=O) groups excluding carboxylic acids is 1. The summed E-state index contributed by atoms with van der Waals surface area (Å²) in [5, 5.41) is 12.1. The Labute approximate surface area is 150 Å². The highest BCUT2D eigenvalue weighted by molar-refractivity contribution is 7.99. The first-order valence-corrected chi connectivity index (χ1v) is 9.13. The van der Waals surface area contributed by atoms with Crippen LogP contribution in [0.3, 0.4) is 0 Å². The smallest absolute Gasteiger partial charge is 0.234 e. The summed E-state index contributed by atoms with van der Waals surface area (Å²) in [5.41, 5.74) is 1.87. The summed E-state index contributed by atoms with van der Waals surface area (Å²) in [6, 6.07) is 11.4. The minimum absolute atomic E-state index is 0.0649. The van der Waals surface area contributed by atoms with Crippen LogP contribution in [0.1, 0.15) is 18.9 Å². The van der Waals surface area contributed by atoms with Gasteiger partial charge in [0.1, 0.15) is 0 Å². The van der Waals surface area contributed by atoms with E-state index in [1.165, 1.54) is 11.8 Å². The number of hydrogen-bond donors (Lipinski definition) is 1. The zero-order chi connectivity index (χ0) is 17.6. The quantitative estimate of drug-likeness (QED) is 0.648. The molecule has 0 spiro atoms. The van der Waals surface area contributed by atoms with E-state index in [1.807, 2.05) is 47.9 Å². The molecule has 6 nitrogen and oxygen atoms in total. The van der Waals surface area contributed by atoms with Crippen molar-refractivity contribution in [1.82, 2.24) is 14.8 Å². The maximum Gasteiger partial charge on any atom is 0.234 e. The molecule has 2 heterocycles. The number of furan rings is 1. The molecule has 0 aliphatic carbocycles. The van der Waals surface area contributed by atoms with E-state index in [0.717, 1.165) is 24.2 Å². The van der Waals surface area contributed by atoms with Gasteiger partial charge in [0.15, 0.2) is 16.7 Å². The first-order valence-electron chi connectivity index (χ1n) is 8.14. The molecule has 0 saturated heterocycles. The van der Waals surface area contributed by atoms with Gasteiger partial charge in [-0.2, -0.15) is 0 Å². The molecule has 0 unspecified atom stereocenters. The Hall–Kier alpha value is -2.54. The number of amides is 1. The van der Waals surface area contributed by atoms with Gasteiger partial charge < -0.3 is 9.73 Å². The number of benzene rings is 1. The first-order chi connectivity index (χ1) is 12.2. The van der Waals surface area contributed by atoms with Crippen molar-refractivity contribution in [2.75, 3.05) is 11.1 Å². The van der Waals surface area contributed by atoms with E-state index in [2.05, 4.69) is 22.4 Å². The number of para-hydroxylation sites is 1. The minimum Gasteiger partial charge on any atom is -0.461 e. The topological polar surface area (TPSA) is 73.0 Å². The third-order valence-corrected chi connectivity index (χ3v) is 4.62. The van der Waals surface area contributed by atoms with Gasteiger partial charge in [0, 0.05) is 12.2 Å². The van der Waals surface area contributed by atoms with Gasteiger partial charge in [-0.25, -0.2) is 0 Å². The van der Waals surface area contributed by atoms with Crippen LogP contribution < -0.4 is 5.32 Å². The monoisotopic (exact) mass is 356 g/mol. The van der Waals surface area contributed by atoms with Crippen LogP contribution in [0.25, 0.3) is 11.6 Å². The molecule has 130 valence electrons. The van der Waals surface area contributed by atoms with Gasteiger partial charge in [0.2, 0.25) is 5.91 Å². The van der Waals surface area contributed by atoms with E-state index in [9.17, 15) is 4.79 Å². The molecule has 2 aromatic heterocycles. The average Bonchev–Trinajstić information content (AvgIpc) is 3.25.